The normalized spacial score (nSPS) is 12.7. The van der Waals surface area contributed by atoms with Crippen molar-refractivity contribution in [3.05, 3.63) is 128 Å². The Hall–Kier alpha value is -3.37. The van der Waals surface area contributed by atoms with Crippen LogP contribution in [0.2, 0.25) is 10.0 Å². The molecule has 2 amide bonds. The Morgan fingerprint density at radius 3 is 2.20 bits per heavy atom. The van der Waals surface area contributed by atoms with Gasteiger partial charge in [0.05, 0.1) is 20.6 Å². The van der Waals surface area contributed by atoms with Crippen LogP contribution >= 0.6 is 39.1 Å². The number of carbonyl (C=O) groups is 2. The number of hydrogen-bond acceptors (Lipinski definition) is 4. The zero-order chi connectivity index (χ0) is 33.4. The monoisotopic (exact) mass is 743 g/mol. The van der Waals surface area contributed by atoms with E-state index in [2.05, 4.69) is 21.2 Å². The average molecular weight is 746 g/mol. The number of nitrogens with one attached hydrogen (secondary N) is 1. The second-order valence-corrected chi connectivity index (χ2v) is 14.7. The van der Waals surface area contributed by atoms with E-state index in [4.69, 9.17) is 23.2 Å². The molecule has 0 bridgehead atoms. The molecule has 0 aliphatic heterocycles. The van der Waals surface area contributed by atoms with Crippen molar-refractivity contribution in [3.8, 4) is 0 Å². The maximum absolute atomic E-state index is 14.6. The standard InChI is InChI=1S/C35H36BrCl2N3O4S/c1-4-25(3)39-35(43)33(20-26-9-6-5-7-10-26)40(22-27-15-18-31(37)32(38)19-27)34(42)23-41(29-12-8-11-28(36)21-29)46(44,45)30-16-13-24(2)14-17-30/h5-19,21,25,33H,4,20,22-23H2,1-3H3,(H,39,43)/t25-,33+/m1/s1. The smallest absolute Gasteiger partial charge is 0.264 e. The van der Waals surface area contributed by atoms with Crippen LogP contribution in [-0.4, -0.2) is 43.8 Å². The Balaban J connectivity index is 1.82. The minimum absolute atomic E-state index is 0.0158. The number of carbonyl (C=O) groups excluding carboxylic acids is 2. The molecule has 0 fully saturated rings. The van der Waals surface area contributed by atoms with E-state index < -0.39 is 28.5 Å². The van der Waals surface area contributed by atoms with Crippen LogP contribution in [0.25, 0.3) is 0 Å². The molecule has 0 radical (unpaired) electrons. The molecule has 4 rings (SSSR count). The number of amides is 2. The zero-order valence-electron chi connectivity index (χ0n) is 25.8. The maximum atomic E-state index is 14.6. The number of aryl methyl sites for hydroxylation is 1. The number of anilines is 1. The molecule has 4 aromatic rings. The molecule has 0 aromatic heterocycles. The predicted molar refractivity (Wildman–Crippen MR) is 189 cm³/mol. The Kier molecular flexibility index (Phi) is 12.3. The molecule has 242 valence electrons. The van der Waals surface area contributed by atoms with Crippen LogP contribution in [0.1, 0.15) is 37.0 Å². The third kappa shape index (κ3) is 9.12. The zero-order valence-corrected chi connectivity index (χ0v) is 29.7. The molecule has 7 nitrogen and oxygen atoms in total. The summed E-state index contributed by atoms with van der Waals surface area (Å²) in [6, 6.07) is 26.5. The lowest BCUT2D eigenvalue weighted by atomic mass is 10.0. The second-order valence-electron chi connectivity index (χ2n) is 11.1. The predicted octanol–water partition coefficient (Wildman–Crippen LogP) is 7.81. The Morgan fingerprint density at radius 2 is 1.57 bits per heavy atom. The van der Waals surface area contributed by atoms with Gasteiger partial charge in [-0.15, -0.1) is 0 Å². The summed E-state index contributed by atoms with van der Waals surface area (Å²) < 4.78 is 30.0. The van der Waals surface area contributed by atoms with Gasteiger partial charge in [-0.1, -0.05) is 106 Å². The van der Waals surface area contributed by atoms with Gasteiger partial charge in [-0.25, -0.2) is 8.42 Å². The van der Waals surface area contributed by atoms with Crippen LogP contribution in [0.15, 0.2) is 106 Å². The number of rotatable bonds is 13. The van der Waals surface area contributed by atoms with Crippen LogP contribution in [0.4, 0.5) is 5.69 Å². The van der Waals surface area contributed by atoms with Gasteiger partial charge in [-0.2, -0.15) is 0 Å². The Bertz CT molecular complexity index is 1770. The van der Waals surface area contributed by atoms with Gasteiger partial charge in [0.2, 0.25) is 11.8 Å². The van der Waals surface area contributed by atoms with Crippen LogP contribution in [0, 0.1) is 6.92 Å². The highest BCUT2D eigenvalue weighted by Gasteiger charge is 2.35. The van der Waals surface area contributed by atoms with Crippen LogP contribution in [0.3, 0.4) is 0 Å². The summed E-state index contributed by atoms with van der Waals surface area (Å²) in [5.41, 5.74) is 2.66. The van der Waals surface area contributed by atoms with E-state index in [-0.39, 0.29) is 29.8 Å². The number of sulfonamides is 1. The molecule has 0 saturated carbocycles. The fraction of sp³-hybridized carbons (Fsp3) is 0.257. The molecular formula is C35H36BrCl2N3O4S. The molecule has 2 atom stereocenters. The first-order valence-electron chi connectivity index (χ1n) is 14.8. The topological polar surface area (TPSA) is 86.8 Å². The van der Waals surface area contributed by atoms with Gasteiger partial charge in [0.25, 0.3) is 10.0 Å². The first kappa shape index (κ1) is 35.5. The van der Waals surface area contributed by atoms with Gasteiger partial charge in [-0.05, 0) is 73.9 Å². The van der Waals surface area contributed by atoms with E-state index in [1.807, 2.05) is 51.1 Å². The molecule has 0 spiro atoms. The fourth-order valence-electron chi connectivity index (χ4n) is 4.83. The Morgan fingerprint density at radius 1 is 0.870 bits per heavy atom. The fourth-order valence-corrected chi connectivity index (χ4v) is 6.94. The van der Waals surface area contributed by atoms with Crippen molar-refractivity contribution in [2.45, 2.75) is 57.1 Å². The van der Waals surface area contributed by atoms with Crippen molar-refractivity contribution in [1.82, 2.24) is 10.2 Å². The highest BCUT2D eigenvalue weighted by molar-refractivity contribution is 9.10. The molecular weight excluding hydrogens is 709 g/mol. The highest BCUT2D eigenvalue weighted by Crippen LogP contribution is 2.28. The number of nitrogens with zero attached hydrogens (tertiary/aromatic N) is 2. The molecule has 0 aliphatic rings. The first-order chi connectivity index (χ1) is 21.9. The van der Waals surface area contributed by atoms with E-state index in [0.29, 0.717) is 32.2 Å². The molecule has 4 aromatic carbocycles. The van der Waals surface area contributed by atoms with Gasteiger partial charge >= 0.3 is 0 Å². The summed E-state index contributed by atoms with van der Waals surface area (Å²) in [6.45, 7) is 5.14. The summed E-state index contributed by atoms with van der Waals surface area (Å²) in [6.07, 6.45) is 0.897. The molecule has 0 unspecified atom stereocenters. The van der Waals surface area contributed by atoms with Gasteiger partial charge in [0.1, 0.15) is 12.6 Å². The molecule has 0 heterocycles. The van der Waals surface area contributed by atoms with Crippen LogP contribution in [0.5, 0.6) is 0 Å². The molecule has 0 aliphatic carbocycles. The molecule has 0 saturated heterocycles. The molecule has 11 heteroatoms. The van der Waals surface area contributed by atoms with Crippen molar-refractivity contribution in [3.63, 3.8) is 0 Å². The minimum Gasteiger partial charge on any atom is -0.352 e. The SMILES string of the molecule is CC[C@@H](C)NC(=O)[C@H](Cc1ccccc1)N(Cc1ccc(Cl)c(Cl)c1)C(=O)CN(c1cccc(Br)c1)S(=O)(=O)c1ccc(C)cc1. The summed E-state index contributed by atoms with van der Waals surface area (Å²) in [5.74, 6) is -0.913. The lowest BCUT2D eigenvalue weighted by Gasteiger charge is -2.34. The highest BCUT2D eigenvalue weighted by atomic mass is 79.9. The van der Waals surface area contributed by atoms with E-state index in [0.717, 1.165) is 15.4 Å². The largest absolute Gasteiger partial charge is 0.352 e. The number of hydrogen-bond donors (Lipinski definition) is 1. The first-order valence-corrected chi connectivity index (χ1v) is 17.8. The van der Waals surface area contributed by atoms with E-state index in [1.165, 1.54) is 17.0 Å². The third-order valence-electron chi connectivity index (χ3n) is 7.59. The summed E-state index contributed by atoms with van der Waals surface area (Å²) >= 11 is 16.0. The summed E-state index contributed by atoms with van der Waals surface area (Å²) in [7, 11) is -4.20. The van der Waals surface area contributed by atoms with Crippen molar-refractivity contribution in [2.24, 2.45) is 0 Å². The third-order valence-corrected chi connectivity index (χ3v) is 10.6. The molecule has 46 heavy (non-hydrogen) atoms. The average Bonchev–Trinajstić information content (AvgIpc) is 3.03. The Labute approximate surface area is 289 Å². The van der Waals surface area contributed by atoms with Gasteiger partial charge in [0.15, 0.2) is 0 Å². The van der Waals surface area contributed by atoms with Gasteiger partial charge in [0, 0.05) is 23.5 Å². The quantitative estimate of drug-likeness (QED) is 0.151. The van der Waals surface area contributed by atoms with Crippen molar-refractivity contribution < 1.29 is 18.0 Å². The maximum Gasteiger partial charge on any atom is 0.264 e. The van der Waals surface area contributed by atoms with Crippen LogP contribution in [-0.2, 0) is 32.6 Å². The summed E-state index contributed by atoms with van der Waals surface area (Å²) in [5, 5.41) is 3.68. The summed E-state index contributed by atoms with van der Waals surface area (Å²) in [4.78, 5) is 30.0. The van der Waals surface area contributed by atoms with Gasteiger partial charge in [-0.3, -0.25) is 13.9 Å². The van der Waals surface area contributed by atoms with Crippen molar-refractivity contribution in [2.75, 3.05) is 10.8 Å². The van der Waals surface area contributed by atoms with E-state index in [1.54, 1.807) is 54.6 Å². The number of benzene rings is 4. The van der Waals surface area contributed by atoms with E-state index >= 15 is 0 Å². The van der Waals surface area contributed by atoms with Gasteiger partial charge < -0.3 is 10.2 Å². The molecule has 1 N–H and O–H groups in total. The van der Waals surface area contributed by atoms with E-state index in [9.17, 15) is 18.0 Å². The minimum atomic E-state index is -4.20. The van der Waals surface area contributed by atoms with Crippen molar-refractivity contribution >= 4 is 66.7 Å². The lowest BCUT2D eigenvalue weighted by Crippen LogP contribution is -2.54. The number of halogens is 3. The second kappa shape index (κ2) is 16.0. The lowest BCUT2D eigenvalue weighted by molar-refractivity contribution is -0.140. The van der Waals surface area contributed by atoms with Crippen molar-refractivity contribution in [1.29, 1.82) is 0 Å². The van der Waals surface area contributed by atoms with Crippen LogP contribution < -0.4 is 9.62 Å².